The molecule has 98 valence electrons. The Balaban J connectivity index is 2.29. The molecule has 1 aromatic carbocycles. The monoisotopic (exact) mass is 247 g/mol. The fourth-order valence-corrected chi connectivity index (χ4v) is 2.56. The van der Waals surface area contributed by atoms with Crippen molar-refractivity contribution in [1.82, 2.24) is 0 Å². The number of amidine groups is 1. The lowest BCUT2D eigenvalue weighted by Gasteiger charge is -2.41. The van der Waals surface area contributed by atoms with Gasteiger partial charge in [0, 0.05) is 31.5 Å². The summed E-state index contributed by atoms with van der Waals surface area (Å²) in [4.78, 5) is 2.27. The maximum absolute atomic E-state index is 7.66. The molecule has 1 aliphatic heterocycles. The second kappa shape index (κ2) is 4.98. The first-order valence-corrected chi connectivity index (χ1v) is 6.29. The Kier molecular flexibility index (Phi) is 3.57. The summed E-state index contributed by atoms with van der Waals surface area (Å²) in [6.45, 7) is 3.96. The van der Waals surface area contributed by atoms with Crippen LogP contribution in [0.5, 0.6) is 0 Å². The SMILES string of the molecule is COC1(C)CCCN(c2ccccc2C(=N)N)C1. The number of hydrogen-bond donors (Lipinski definition) is 2. The number of nitrogens with zero attached hydrogens (tertiary/aromatic N) is 1. The largest absolute Gasteiger partial charge is 0.384 e. The third-order valence-corrected chi connectivity index (χ3v) is 3.69. The lowest BCUT2D eigenvalue weighted by molar-refractivity contribution is -0.00465. The number of rotatable bonds is 3. The van der Waals surface area contributed by atoms with E-state index >= 15 is 0 Å². The number of nitrogens with two attached hydrogens (primary N) is 1. The molecule has 0 aliphatic carbocycles. The van der Waals surface area contributed by atoms with E-state index in [0.29, 0.717) is 0 Å². The average molecular weight is 247 g/mol. The maximum Gasteiger partial charge on any atom is 0.124 e. The zero-order valence-corrected chi connectivity index (χ0v) is 11.1. The lowest BCUT2D eigenvalue weighted by atomic mass is 9.93. The number of nitrogen functional groups attached to an aromatic ring is 1. The smallest absolute Gasteiger partial charge is 0.124 e. The fraction of sp³-hybridized carbons (Fsp3) is 0.500. The highest BCUT2D eigenvalue weighted by Crippen LogP contribution is 2.29. The topological polar surface area (TPSA) is 62.3 Å². The number of anilines is 1. The molecule has 0 saturated carbocycles. The van der Waals surface area contributed by atoms with Crippen LogP contribution in [0.15, 0.2) is 24.3 Å². The van der Waals surface area contributed by atoms with E-state index in [1.807, 2.05) is 24.3 Å². The highest BCUT2D eigenvalue weighted by Gasteiger charge is 2.31. The molecule has 2 rings (SSSR count). The van der Waals surface area contributed by atoms with Crippen LogP contribution in [-0.4, -0.2) is 31.6 Å². The quantitative estimate of drug-likeness (QED) is 0.634. The predicted molar refractivity (Wildman–Crippen MR) is 74.3 cm³/mol. The van der Waals surface area contributed by atoms with Crippen LogP contribution in [0.25, 0.3) is 0 Å². The van der Waals surface area contributed by atoms with Gasteiger partial charge < -0.3 is 15.4 Å². The summed E-state index contributed by atoms with van der Waals surface area (Å²) >= 11 is 0. The molecule has 1 atom stereocenters. The molecular weight excluding hydrogens is 226 g/mol. The Hall–Kier alpha value is -1.55. The number of hydrogen-bond acceptors (Lipinski definition) is 3. The van der Waals surface area contributed by atoms with Crippen LogP contribution in [0.1, 0.15) is 25.3 Å². The molecule has 18 heavy (non-hydrogen) atoms. The van der Waals surface area contributed by atoms with Crippen molar-refractivity contribution in [2.45, 2.75) is 25.4 Å². The molecule has 1 heterocycles. The van der Waals surface area contributed by atoms with Crippen LogP contribution in [0.2, 0.25) is 0 Å². The number of piperidine rings is 1. The Bertz CT molecular complexity index is 446. The van der Waals surface area contributed by atoms with E-state index in [1.54, 1.807) is 7.11 Å². The first-order chi connectivity index (χ1) is 8.56. The van der Waals surface area contributed by atoms with Gasteiger partial charge in [0.25, 0.3) is 0 Å². The summed E-state index contributed by atoms with van der Waals surface area (Å²) < 4.78 is 5.60. The number of benzene rings is 1. The molecule has 0 bridgehead atoms. The first-order valence-electron chi connectivity index (χ1n) is 6.29. The van der Waals surface area contributed by atoms with Crippen LogP contribution in [0.4, 0.5) is 5.69 Å². The third-order valence-electron chi connectivity index (χ3n) is 3.69. The van der Waals surface area contributed by atoms with Crippen molar-refractivity contribution < 1.29 is 4.74 Å². The predicted octanol–water partition coefficient (Wildman–Crippen LogP) is 1.98. The number of methoxy groups -OCH3 is 1. The van der Waals surface area contributed by atoms with Gasteiger partial charge in [-0.3, -0.25) is 5.41 Å². The van der Waals surface area contributed by atoms with Gasteiger partial charge in [0.05, 0.1) is 5.60 Å². The molecule has 0 aromatic heterocycles. The average Bonchev–Trinajstić information content (AvgIpc) is 2.39. The van der Waals surface area contributed by atoms with Gasteiger partial charge >= 0.3 is 0 Å². The van der Waals surface area contributed by atoms with Crippen LogP contribution in [0, 0.1) is 5.41 Å². The van der Waals surface area contributed by atoms with Gasteiger partial charge in [0.2, 0.25) is 0 Å². The van der Waals surface area contributed by atoms with E-state index in [9.17, 15) is 0 Å². The molecule has 0 radical (unpaired) electrons. The van der Waals surface area contributed by atoms with Gasteiger partial charge in [0.1, 0.15) is 5.84 Å². The van der Waals surface area contributed by atoms with E-state index < -0.39 is 0 Å². The summed E-state index contributed by atoms with van der Waals surface area (Å²) in [6.07, 6.45) is 2.17. The van der Waals surface area contributed by atoms with E-state index in [0.717, 1.165) is 37.2 Å². The van der Waals surface area contributed by atoms with Crippen molar-refractivity contribution in [3.63, 3.8) is 0 Å². The standard InChI is InChI=1S/C14H21N3O/c1-14(18-2)8-5-9-17(10-14)12-7-4-3-6-11(12)13(15)16/h3-4,6-7H,5,8-10H2,1-2H3,(H3,15,16). The van der Waals surface area contributed by atoms with Gasteiger partial charge in [-0.1, -0.05) is 12.1 Å². The molecule has 1 aliphatic rings. The van der Waals surface area contributed by atoms with E-state index in [2.05, 4.69) is 11.8 Å². The van der Waals surface area contributed by atoms with Crippen LogP contribution in [0.3, 0.4) is 0 Å². The minimum absolute atomic E-state index is 0.109. The summed E-state index contributed by atoms with van der Waals surface area (Å²) in [6, 6.07) is 7.83. The van der Waals surface area contributed by atoms with Gasteiger partial charge in [-0.15, -0.1) is 0 Å². The Morgan fingerprint density at radius 3 is 2.83 bits per heavy atom. The summed E-state index contributed by atoms with van der Waals surface area (Å²) in [5.74, 6) is 0.121. The molecular formula is C14H21N3O. The highest BCUT2D eigenvalue weighted by atomic mass is 16.5. The number of ether oxygens (including phenoxy) is 1. The van der Waals surface area contributed by atoms with E-state index in [-0.39, 0.29) is 11.4 Å². The molecule has 0 spiro atoms. The van der Waals surface area contributed by atoms with Crippen LogP contribution in [-0.2, 0) is 4.74 Å². The summed E-state index contributed by atoms with van der Waals surface area (Å²) in [7, 11) is 1.76. The van der Waals surface area contributed by atoms with Crippen LogP contribution >= 0.6 is 0 Å². The molecule has 3 N–H and O–H groups in total. The maximum atomic E-state index is 7.66. The van der Waals surface area contributed by atoms with Crippen molar-refractivity contribution >= 4 is 11.5 Å². The van der Waals surface area contributed by atoms with Gasteiger partial charge in [0.15, 0.2) is 0 Å². The zero-order chi connectivity index (χ0) is 13.2. The van der Waals surface area contributed by atoms with Crippen molar-refractivity contribution in [2.75, 3.05) is 25.1 Å². The van der Waals surface area contributed by atoms with Crippen molar-refractivity contribution in [3.05, 3.63) is 29.8 Å². The fourth-order valence-electron chi connectivity index (χ4n) is 2.56. The minimum atomic E-state index is -0.109. The zero-order valence-electron chi connectivity index (χ0n) is 11.1. The molecule has 0 amide bonds. The number of nitrogens with one attached hydrogen (secondary N) is 1. The second-order valence-corrected chi connectivity index (χ2v) is 5.11. The Morgan fingerprint density at radius 1 is 1.44 bits per heavy atom. The van der Waals surface area contributed by atoms with Gasteiger partial charge in [-0.2, -0.15) is 0 Å². The summed E-state index contributed by atoms with van der Waals surface area (Å²) in [5.41, 5.74) is 7.38. The first kappa shape index (κ1) is 12.9. The molecule has 1 saturated heterocycles. The second-order valence-electron chi connectivity index (χ2n) is 5.11. The normalized spacial score (nSPS) is 24.0. The molecule has 1 unspecified atom stereocenters. The Morgan fingerprint density at radius 2 is 2.17 bits per heavy atom. The van der Waals surface area contributed by atoms with Gasteiger partial charge in [-0.05, 0) is 31.9 Å². The Labute approximate surface area is 108 Å². The van der Waals surface area contributed by atoms with Crippen molar-refractivity contribution in [3.8, 4) is 0 Å². The van der Waals surface area contributed by atoms with Gasteiger partial charge in [-0.25, -0.2) is 0 Å². The van der Waals surface area contributed by atoms with Crippen molar-refractivity contribution in [2.24, 2.45) is 5.73 Å². The van der Waals surface area contributed by atoms with E-state index in [1.165, 1.54) is 0 Å². The lowest BCUT2D eigenvalue weighted by Crippen LogP contribution is -2.48. The highest BCUT2D eigenvalue weighted by molar-refractivity contribution is 6.00. The summed E-state index contributed by atoms with van der Waals surface area (Å²) in [5, 5.41) is 7.66. The third kappa shape index (κ3) is 2.48. The van der Waals surface area contributed by atoms with Crippen molar-refractivity contribution in [1.29, 1.82) is 5.41 Å². The molecule has 4 heteroatoms. The number of para-hydroxylation sites is 1. The van der Waals surface area contributed by atoms with Crippen LogP contribution < -0.4 is 10.6 Å². The minimum Gasteiger partial charge on any atom is -0.384 e. The molecule has 4 nitrogen and oxygen atoms in total. The van der Waals surface area contributed by atoms with E-state index in [4.69, 9.17) is 15.9 Å². The molecule has 1 fully saturated rings. The molecule has 1 aromatic rings.